The molecule has 0 aliphatic carbocycles. The molecular weight excluding hydrogens is 249 g/mol. The molecule has 0 unspecified atom stereocenters. The molecule has 0 radical (unpaired) electrons. The summed E-state index contributed by atoms with van der Waals surface area (Å²) in [6.45, 7) is 0. The van der Waals surface area contributed by atoms with E-state index in [9.17, 15) is 8.42 Å². The fourth-order valence-corrected chi connectivity index (χ4v) is 1.15. The fraction of sp³-hybridized carbons (Fsp3) is 0. The molecule has 0 aliphatic heterocycles. The second-order valence-electron chi connectivity index (χ2n) is 2.10. The van der Waals surface area contributed by atoms with Gasteiger partial charge in [0.1, 0.15) is 0 Å². The molecule has 0 aliphatic rings. The summed E-state index contributed by atoms with van der Waals surface area (Å²) in [6, 6.07) is 7.89. The van der Waals surface area contributed by atoms with E-state index in [4.69, 9.17) is 16.5 Å². The van der Waals surface area contributed by atoms with Gasteiger partial charge in [-0.2, -0.15) is 0 Å². The van der Waals surface area contributed by atoms with Gasteiger partial charge in [-0.3, -0.25) is 0 Å². The van der Waals surface area contributed by atoms with Crippen molar-refractivity contribution in [3.05, 3.63) is 30.3 Å². The first-order valence-electron chi connectivity index (χ1n) is 3.25. The molecule has 78 valence electrons. The van der Waals surface area contributed by atoms with Crippen LogP contribution >= 0.6 is 0 Å². The van der Waals surface area contributed by atoms with Crippen LogP contribution in [0.25, 0.3) is 0 Å². The van der Waals surface area contributed by atoms with E-state index in [1.807, 2.05) is 0 Å². The average Bonchev–Trinajstić information content (AvgIpc) is 2.03. The molecule has 0 saturated carbocycles. The molecule has 0 amide bonds. The first kappa shape index (κ1) is 13.3. The van der Waals surface area contributed by atoms with E-state index in [0.29, 0.717) is 0 Å². The van der Waals surface area contributed by atoms with Gasteiger partial charge in [-0.1, -0.05) is 18.2 Å². The quantitative estimate of drug-likeness (QED) is 0.706. The molecule has 14 heavy (non-hydrogen) atoms. The first-order valence-corrected chi connectivity index (χ1v) is 6.56. The minimum atomic E-state index is -3.69. The summed E-state index contributed by atoms with van der Waals surface area (Å²) < 4.78 is 45.7. The zero-order chi connectivity index (χ0) is 11.2. The SMILES string of the molecule is NS(=O)(=O)c1ccccc1.[O]=[V](=[O])[OH]. The van der Waals surface area contributed by atoms with Crippen molar-refractivity contribution in [3.8, 4) is 0 Å². The predicted molar refractivity (Wildman–Crippen MR) is 41.4 cm³/mol. The van der Waals surface area contributed by atoms with Gasteiger partial charge in [-0.05, 0) is 12.1 Å². The van der Waals surface area contributed by atoms with Gasteiger partial charge < -0.3 is 0 Å². The summed E-state index contributed by atoms with van der Waals surface area (Å²) in [5.41, 5.74) is 0. The second-order valence-corrected chi connectivity index (χ2v) is 4.40. The summed E-state index contributed by atoms with van der Waals surface area (Å²) in [4.78, 5) is 0.148. The van der Waals surface area contributed by atoms with Gasteiger partial charge in [-0.15, -0.1) is 0 Å². The molecule has 0 heterocycles. The Labute approximate surface area is 85.8 Å². The first-order chi connectivity index (χ1) is 6.34. The van der Waals surface area contributed by atoms with E-state index in [-0.39, 0.29) is 4.90 Å². The van der Waals surface area contributed by atoms with Crippen molar-refractivity contribution in [3.63, 3.8) is 0 Å². The molecule has 0 atom stereocenters. The monoisotopic (exact) mass is 257 g/mol. The van der Waals surface area contributed by atoms with Crippen molar-refractivity contribution < 1.29 is 35.2 Å². The summed E-state index contributed by atoms with van der Waals surface area (Å²) >= 11 is -3.69. The van der Waals surface area contributed by atoms with Crippen LogP contribution < -0.4 is 5.14 Å². The molecule has 1 aromatic carbocycles. The Morgan fingerprint density at radius 1 is 1.14 bits per heavy atom. The van der Waals surface area contributed by atoms with Gasteiger partial charge in [0.15, 0.2) is 0 Å². The topological polar surface area (TPSA) is 115 Å². The molecule has 0 bridgehead atoms. The summed E-state index contributed by atoms with van der Waals surface area (Å²) in [7, 11) is -3.50. The van der Waals surface area contributed by atoms with Crippen molar-refractivity contribution in [1.29, 1.82) is 0 Å². The zero-order valence-electron chi connectivity index (χ0n) is 6.90. The van der Waals surface area contributed by atoms with Gasteiger partial charge in [0, 0.05) is 0 Å². The molecule has 0 aromatic heterocycles. The summed E-state index contributed by atoms with van der Waals surface area (Å²) in [5.74, 6) is 0. The van der Waals surface area contributed by atoms with Crippen molar-refractivity contribution in [1.82, 2.24) is 0 Å². The van der Waals surface area contributed by atoms with Crippen LogP contribution in [0, 0.1) is 0 Å². The summed E-state index contributed by atoms with van der Waals surface area (Å²) in [5, 5.41) is 4.83. The Morgan fingerprint density at radius 3 is 1.71 bits per heavy atom. The van der Waals surface area contributed by atoms with Crippen LogP contribution in [-0.2, 0) is 32.8 Å². The summed E-state index contributed by atoms with van der Waals surface area (Å²) in [6.07, 6.45) is 0. The average molecular weight is 257 g/mol. The van der Waals surface area contributed by atoms with Gasteiger partial charge in [-0.25, -0.2) is 13.6 Å². The van der Waals surface area contributed by atoms with Gasteiger partial charge in [0.25, 0.3) is 0 Å². The van der Waals surface area contributed by atoms with Crippen LogP contribution in [0.4, 0.5) is 0 Å². The van der Waals surface area contributed by atoms with E-state index in [1.165, 1.54) is 12.1 Å². The molecule has 1 rings (SSSR count). The second kappa shape index (κ2) is 5.89. The van der Waals surface area contributed by atoms with Gasteiger partial charge in [0.05, 0.1) is 4.90 Å². The van der Waals surface area contributed by atoms with Gasteiger partial charge in [0.2, 0.25) is 10.0 Å². The van der Waals surface area contributed by atoms with Crippen LogP contribution in [0.15, 0.2) is 35.2 Å². The maximum atomic E-state index is 10.6. The molecule has 3 N–H and O–H groups in total. The number of rotatable bonds is 1. The molecule has 0 spiro atoms. The molecule has 0 fully saturated rings. The Balaban J connectivity index is 0.000000364. The predicted octanol–water partition coefficient (Wildman–Crippen LogP) is -0.463. The Bertz CT molecular complexity index is 431. The van der Waals surface area contributed by atoms with Gasteiger partial charge >= 0.3 is 26.8 Å². The van der Waals surface area contributed by atoms with E-state index < -0.39 is 25.4 Å². The van der Waals surface area contributed by atoms with E-state index in [0.717, 1.165) is 0 Å². The van der Waals surface area contributed by atoms with Crippen LogP contribution in [0.5, 0.6) is 0 Å². The van der Waals surface area contributed by atoms with E-state index in [2.05, 4.69) is 0 Å². The molecule has 8 heteroatoms. The van der Waals surface area contributed by atoms with E-state index >= 15 is 0 Å². The third-order valence-corrected chi connectivity index (χ3v) is 2.00. The minimum absolute atomic E-state index is 0.148. The van der Waals surface area contributed by atoms with Crippen molar-refractivity contribution >= 4 is 10.0 Å². The standard InChI is InChI=1S/C6H7NO2S.H2O.2O.V/c7-10(8,9)6-4-2-1-3-5-6;;;;/h1-5H,(H2,7,8,9);1H2;;;/q;;;;+1/p-1. The fourth-order valence-electron chi connectivity index (χ4n) is 0.610. The number of nitrogens with two attached hydrogens (primary N) is 1. The molecular formula is C6H8NO5SV. The van der Waals surface area contributed by atoms with Crippen LogP contribution in [-0.4, -0.2) is 12.4 Å². The molecule has 6 nitrogen and oxygen atoms in total. The molecule has 0 saturated heterocycles. The number of primary sulfonamides is 1. The third-order valence-electron chi connectivity index (χ3n) is 1.07. The Kier molecular flexibility index (Phi) is 5.59. The van der Waals surface area contributed by atoms with E-state index in [1.54, 1.807) is 18.2 Å². The number of benzene rings is 1. The Hall–Kier alpha value is -0.726. The number of hydrogen-bond donors (Lipinski definition) is 2. The number of sulfonamides is 1. The Morgan fingerprint density at radius 2 is 1.50 bits per heavy atom. The third kappa shape index (κ3) is 6.75. The van der Waals surface area contributed by atoms with Crippen molar-refractivity contribution in [2.45, 2.75) is 4.90 Å². The van der Waals surface area contributed by atoms with Crippen LogP contribution in [0.3, 0.4) is 0 Å². The zero-order valence-corrected chi connectivity index (χ0v) is 9.11. The normalized spacial score (nSPS) is 9.86. The molecule has 1 aromatic rings. The van der Waals surface area contributed by atoms with Crippen molar-refractivity contribution in [2.24, 2.45) is 5.14 Å². The van der Waals surface area contributed by atoms with Crippen LogP contribution in [0.2, 0.25) is 0 Å². The maximum absolute atomic E-state index is 10.6. The number of hydrogen-bond acceptors (Lipinski definition) is 4. The van der Waals surface area contributed by atoms with Crippen LogP contribution in [0.1, 0.15) is 0 Å². The van der Waals surface area contributed by atoms with Crippen molar-refractivity contribution in [2.75, 3.05) is 0 Å².